The van der Waals surface area contributed by atoms with Crippen molar-refractivity contribution >= 4 is 17.7 Å². The predicted molar refractivity (Wildman–Crippen MR) is 80.6 cm³/mol. The lowest BCUT2D eigenvalue weighted by Gasteiger charge is -2.04. The molecule has 0 fully saturated rings. The first-order valence-electron chi connectivity index (χ1n) is 6.64. The topological polar surface area (TPSA) is 73.6 Å². The average Bonchev–Trinajstić information content (AvgIpc) is 2.45. The van der Waals surface area contributed by atoms with E-state index in [1.54, 1.807) is 25.3 Å². The van der Waals surface area contributed by atoms with Crippen molar-refractivity contribution in [1.82, 2.24) is 5.32 Å². The van der Waals surface area contributed by atoms with Crippen molar-refractivity contribution in [2.24, 2.45) is 0 Å². The Morgan fingerprint density at radius 3 is 2.90 bits per heavy atom. The van der Waals surface area contributed by atoms with Crippen LogP contribution in [0.25, 0.3) is 6.08 Å². The summed E-state index contributed by atoms with van der Waals surface area (Å²) in [6, 6.07) is 5.38. The summed E-state index contributed by atoms with van der Waals surface area (Å²) in [6.07, 6.45) is 4.01. The molecule has 0 atom stereocenters. The van der Waals surface area contributed by atoms with Crippen molar-refractivity contribution in [3.05, 3.63) is 29.8 Å². The fourth-order valence-electron chi connectivity index (χ4n) is 1.62. The second kappa shape index (κ2) is 8.98. The monoisotopic (exact) mass is 278 g/mol. The fraction of sp³-hybridized carbons (Fsp3) is 0.400. The van der Waals surface area contributed by atoms with E-state index < -0.39 is 0 Å². The number of ether oxygens (including phenoxy) is 2. The van der Waals surface area contributed by atoms with E-state index in [1.165, 1.54) is 6.08 Å². The molecule has 3 N–H and O–H groups in total. The van der Waals surface area contributed by atoms with Crippen molar-refractivity contribution in [1.29, 1.82) is 0 Å². The number of benzene rings is 1. The summed E-state index contributed by atoms with van der Waals surface area (Å²) in [5.74, 6) is 0.499. The van der Waals surface area contributed by atoms with Gasteiger partial charge in [-0.1, -0.05) is 6.07 Å². The normalized spacial score (nSPS) is 10.7. The van der Waals surface area contributed by atoms with E-state index >= 15 is 0 Å². The van der Waals surface area contributed by atoms with Gasteiger partial charge in [0.05, 0.1) is 12.8 Å². The highest BCUT2D eigenvalue weighted by atomic mass is 16.5. The molecule has 0 radical (unpaired) electrons. The predicted octanol–water partition coefficient (Wildman–Crippen LogP) is 1.83. The van der Waals surface area contributed by atoms with Gasteiger partial charge in [0.1, 0.15) is 5.75 Å². The Kier molecular flexibility index (Phi) is 7.21. The molecule has 0 saturated carbocycles. The van der Waals surface area contributed by atoms with Gasteiger partial charge in [-0.3, -0.25) is 4.79 Å². The lowest BCUT2D eigenvalue weighted by molar-refractivity contribution is -0.116. The number of nitrogens with one attached hydrogen (secondary N) is 1. The Labute approximate surface area is 119 Å². The van der Waals surface area contributed by atoms with Gasteiger partial charge in [-0.05, 0) is 37.1 Å². The Hall–Kier alpha value is -2.01. The van der Waals surface area contributed by atoms with Crippen LogP contribution < -0.4 is 15.8 Å². The second-order valence-electron chi connectivity index (χ2n) is 4.18. The smallest absolute Gasteiger partial charge is 0.244 e. The van der Waals surface area contributed by atoms with Crippen LogP contribution >= 0.6 is 0 Å². The number of hydrogen-bond donors (Lipinski definition) is 2. The molecule has 0 aliphatic rings. The van der Waals surface area contributed by atoms with Crippen molar-refractivity contribution in [2.75, 3.05) is 32.6 Å². The molecule has 0 aliphatic carbocycles. The van der Waals surface area contributed by atoms with Crippen LogP contribution in [0.4, 0.5) is 5.69 Å². The molecule has 0 aliphatic heterocycles. The number of anilines is 1. The molecular formula is C15H22N2O3. The van der Waals surface area contributed by atoms with Crippen LogP contribution in [0.2, 0.25) is 0 Å². The third-order valence-electron chi connectivity index (χ3n) is 2.65. The molecular weight excluding hydrogens is 256 g/mol. The molecule has 20 heavy (non-hydrogen) atoms. The van der Waals surface area contributed by atoms with Crippen molar-refractivity contribution in [2.45, 2.75) is 13.3 Å². The number of hydrogen-bond acceptors (Lipinski definition) is 4. The third-order valence-corrected chi connectivity index (χ3v) is 2.65. The molecule has 0 bridgehead atoms. The summed E-state index contributed by atoms with van der Waals surface area (Å²) in [5, 5.41) is 2.79. The molecule has 1 amide bonds. The summed E-state index contributed by atoms with van der Waals surface area (Å²) in [4.78, 5) is 11.6. The highest BCUT2D eigenvalue weighted by Gasteiger charge is 1.99. The van der Waals surface area contributed by atoms with E-state index in [2.05, 4.69) is 5.32 Å². The first kappa shape index (κ1) is 16.0. The van der Waals surface area contributed by atoms with E-state index in [0.29, 0.717) is 31.2 Å². The Morgan fingerprint density at radius 2 is 2.25 bits per heavy atom. The van der Waals surface area contributed by atoms with Gasteiger partial charge in [0.15, 0.2) is 0 Å². The fourth-order valence-corrected chi connectivity index (χ4v) is 1.62. The molecule has 5 heteroatoms. The maximum absolute atomic E-state index is 11.6. The van der Waals surface area contributed by atoms with Gasteiger partial charge in [0.2, 0.25) is 5.91 Å². The zero-order valence-corrected chi connectivity index (χ0v) is 12.0. The highest BCUT2D eigenvalue weighted by molar-refractivity contribution is 5.91. The van der Waals surface area contributed by atoms with Crippen LogP contribution in [0, 0.1) is 0 Å². The summed E-state index contributed by atoms with van der Waals surface area (Å²) >= 11 is 0. The lowest BCUT2D eigenvalue weighted by atomic mass is 10.1. The van der Waals surface area contributed by atoms with Crippen molar-refractivity contribution < 1.29 is 14.3 Å². The molecule has 0 spiro atoms. The Balaban J connectivity index is 2.39. The highest BCUT2D eigenvalue weighted by Crippen LogP contribution is 2.22. The molecule has 1 rings (SSSR count). The number of carbonyl (C=O) groups excluding carboxylic acids is 1. The van der Waals surface area contributed by atoms with E-state index in [9.17, 15) is 4.79 Å². The van der Waals surface area contributed by atoms with Gasteiger partial charge in [-0.15, -0.1) is 0 Å². The largest absolute Gasteiger partial charge is 0.495 e. The number of carbonyl (C=O) groups is 1. The van der Waals surface area contributed by atoms with Gasteiger partial charge in [-0.2, -0.15) is 0 Å². The molecule has 1 aromatic carbocycles. The molecule has 0 heterocycles. The number of rotatable bonds is 8. The molecule has 0 unspecified atom stereocenters. The molecule has 110 valence electrons. The van der Waals surface area contributed by atoms with E-state index in [4.69, 9.17) is 15.2 Å². The standard InChI is InChI=1S/C15H22N2O3/c1-3-20-10-4-9-17-15(18)8-6-12-5-7-14(19-2)13(16)11-12/h5-8,11H,3-4,9-10,16H2,1-2H3,(H,17,18)/b8-6-. The van der Waals surface area contributed by atoms with Gasteiger partial charge in [0.25, 0.3) is 0 Å². The van der Waals surface area contributed by atoms with Crippen LogP contribution in [0.1, 0.15) is 18.9 Å². The number of nitrogen functional groups attached to an aromatic ring is 1. The first-order valence-corrected chi connectivity index (χ1v) is 6.64. The summed E-state index contributed by atoms with van der Waals surface area (Å²) in [5.41, 5.74) is 7.19. The quantitative estimate of drug-likeness (QED) is 0.432. The third kappa shape index (κ3) is 5.75. The lowest BCUT2D eigenvalue weighted by Crippen LogP contribution is -2.23. The van der Waals surface area contributed by atoms with Gasteiger partial charge >= 0.3 is 0 Å². The van der Waals surface area contributed by atoms with Gasteiger partial charge in [-0.25, -0.2) is 0 Å². The summed E-state index contributed by atoms with van der Waals surface area (Å²) in [6.45, 7) is 3.91. The van der Waals surface area contributed by atoms with E-state index in [1.807, 2.05) is 13.0 Å². The minimum Gasteiger partial charge on any atom is -0.495 e. The number of amides is 1. The SMILES string of the molecule is CCOCCCNC(=O)/C=C\c1ccc(OC)c(N)c1. The average molecular weight is 278 g/mol. The van der Waals surface area contributed by atoms with Crippen LogP contribution in [0.15, 0.2) is 24.3 Å². The van der Waals surface area contributed by atoms with Crippen molar-refractivity contribution in [3.8, 4) is 5.75 Å². The zero-order valence-electron chi connectivity index (χ0n) is 12.0. The van der Waals surface area contributed by atoms with Crippen LogP contribution in [0.5, 0.6) is 5.75 Å². The Morgan fingerprint density at radius 1 is 1.45 bits per heavy atom. The number of methoxy groups -OCH3 is 1. The zero-order chi connectivity index (χ0) is 14.8. The first-order chi connectivity index (χ1) is 9.67. The van der Waals surface area contributed by atoms with Crippen molar-refractivity contribution in [3.63, 3.8) is 0 Å². The molecule has 0 aromatic heterocycles. The Bertz CT molecular complexity index is 458. The summed E-state index contributed by atoms with van der Waals surface area (Å²) in [7, 11) is 1.57. The van der Waals surface area contributed by atoms with E-state index in [-0.39, 0.29) is 5.91 Å². The van der Waals surface area contributed by atoms with Crippen LogP contribution in [-0.4, -0.2) is 32.8 Å². The summed E-state index contributed by atoms with van der Waals surface area (Å²) < 4.78 is 10.3. The van der Waals surface area contributed by atoms with Crippen LogP contribution in [-0.2, 0) is 9.53 Å². The van der Waals surface area contributed by atoms with Gasteiger partial charge in [0, 0.05) is 25.8 Å². The second-order valence-corrected chi connectivity index (χ2v) is 4.18. The molecule has 0 saturated heterocycles. The molecule has 1 aromatic rings. The van der Waals surface area contributed by atoms with Crippen LogP contribution in [0.3, 0.4) is 0 Å². The van der Waals surface area contributed by atoms with Gasteiger partial charge < -0.3 is 20.5 Å². The van der Waals surface area contributed by atoms with E-state index in [0.717, 1.165) is 12.0 Å². The maximum atomic E-state index is 11.6. The maximum Gasteiger partial charge on any atom is 0.244 e. The molecule has 5 nitrogen and oxygen atoms in total. The number of nitrogens with two attached hydrogens (primary N) is 1. The minimum atomic E-state index is -0.129. The minimum absolute atomic E-state index is 0.129.